The second-order valence-corrected chi connectivity index (χ2v) is 12.4. The molecule has 0 saturated heterocycles. The Labute approximate surface area is 232 Å². The maximum Gasteiger partial charge on any atom is 0.280 e. The lowest BCUT2D eigenvalue weighted by molar-refractivity contribution is -0.0137. The van der Waals surface area contributed by atoms with Crippen LogP contribution < -0.4 is 9.46 Å². The van der Waals surface area contributed by atoms with Crippen LogP contribution in [-0.2, 0) is 21.8 Å². The van der Waals surface area contributed by atoms with Crippen LogP contribution in [0.5, 0.6) is 5.75 Å². The Morgan fingerprint density at radius 1 is 1.26 bits per heavy atom. The largest absolute Gasteiger partial charge is 0.490 e. The number of fused-ring (bicyclic) bond motifs is 1. The predicted molar refractivity (Wildman–Crippen MR) is 149 cm³/mol. The Balaban J connectivity index is 2.02. The highest BCUT2D eigenvalue weighted by Crippen LogP contribution is 2.29. The van der Waals surface area contributed by atoms with E-state index in [0.29, 0.717) is 25.4 Å². The van der Waals surface area contributed by atoms with E-state index in [1.807, 2.05) is 27.9 Å². The van der Waals surface area contributed by atoms with Crippen LogP contribution in [0.4, 0.5) is 5.69 Å². The predicted octanol–water partition coefficient (Wildman–Crippen LogP) is 2.58. The van der Waals surface area contributed by atoms with Crippen molar-refractivity contribution in [2.75, 3.05) is 45.1 Å². The summed E-state index contributed by atoms with van der Waals surface area (Å²) in [5, 5.41) is 9.91. The summed E-state index contributed by atoms with van der Waals surface area (Å²) in [4.78, 5) is 21.7. The van der Waals surface area contributed by atoms with Crippen molar-refractivity contribution in [2.24, 2.45) is 13.0 Å². The fourth-order valence-electron chi connectivity index (χ4n) is 4.54. The van der Waals surface area contributed by atoms with Gasteiger partial charge < -0.3 is 28.9 Å². The number of nitrogens with zero attached hydrogens (tertiary/aromatic N) is 4. The molecule has 0 saturated carbocycles. The van der Waals surface area contributed by atoms with E-state index >= 15 is 0 Å². The van der Waals surface area contributed by atoms with Crippen LogP contribution in [0.2, 0.25) is 0 Å². The number of sulfonamides is 1. The Bertz CT molecular complexity index is 1200. The minimum absolute atomic E-state index is 0.0255. The molecular weight excluding hydrogens is 522 g/mol. The van der Waals surface area contributed by atoms with Gasteiger partial charge >= 0.3 is 0 Å². The smallest absolute Gasteiger partial charge is 0.280 e. The average molecular weight is 566 g/mol. The van der Waals surface area contributed by atoms with E-state index in [9.17, 15) is 18.3 Å². The van der Waals surface area contributed by atoms with E-state index in [-0.39, 0.29) is 46.9 Å². The number of aliphatic hydroxyl groups excluding tert-OH is 1. The van der Waals surface area contributed by atoms with Crippen LogP contribution in [0.25, 0.3) is 0 Å². The Morgan fingerprint density at radius 2 is 2.00 bits per heavy atom. The number of aryl methyl sites for hydroxylation is 1. The summed E-state index contributed by atoms with van der Waals surface area (Å²) in [6.07, 6.45) is 5.10. The Hall–Kier alpha value is -2.67. The van der Waals surface area contributed by atoms with Crippen molar-refractivity contribution >= 4 is 21.6 Å². The highest BCUT2D eigenvalue weighted by Gasteiger charge is 2.30. The molecule has 2 aromatic rings. The molecule has 0 radical (unpaired) electrons. The third-order valence-corrected chi connectivity index (χ3v) is 8.07. The number of benzene rings is 1. The van der Waals surface area contributed by atoms with E-state index in [2.05, 4.69) is 14.6 Å². The number of amides is 1. The molecule has 0 unspecified atom stereocenters. The minimum Gasteiger partial charge on any atom is -0.490 e. The van der Waals surface area contributed by atoms with E-state index in [1.165, 1.54) is 18.6 Å². The minimum atomic E-state index is -3.97. The second-order valence-electron chi connectivity index (χ2n) is 10.8. The van der Waals surface area contributed by atoms with Crippen molar-refractivity contribution in [1.29, 1.82) is 0 Å². The van der Waals surface area contributed by atoms with Gasteiger partial charge in [0.2, 0.25) is 0 Å². The summed E-state index contributed by atoms with van der Waals surface area (Å²) in [6.45, 7) is 7.22. The highest BCUT2D eigenvalue weighted by atomic mass is 32.2. The maximum absolute atomic E-state index is 14.1. The standard InChI is InChI=1S/C27H43N5O6S/c1-19-14-32(20(2)17-33)27(34)23-13-22(29-39(35,36)26-16-31(6)18-28-26)10-11-24(23)38-21(3)9-7-8-12-37-25(19)15-30(4)5/h10-11,13,16,18-21,25,29,33H,7-9,12,14-15,17H2,1-6H3/t19-,20-,21-,25+/m0/s1. The molecule has 4 atom stereocenters. The number of carbonyl (C=O) groups excluding carboxylic acids is 1. The zero-order valence-corrected chi connectivity index (χ0v) is 24.6. The molecule has 1 aliphatic heterocycles. The van der Waals surface area contributed by atoms with Gasteiger partial charge in [-0.15, -0.1) is 0 Å². The molecule has 0 aliphatic carbocycles. The van der Waals surface area contributed by atoms with Gasteiger partial charge in [-0.2, -0.15) is 8.42 Å². The van der Waals surface area contributed by atoms with Crippen LogP contribution in [0.15, 0.2) is 35.7 Å². The molecule has 0 spiro atoms. The van der Waals surface area contributed by atoms with E-state index < -0.39 is 16.1 Å². The zero-order valence-electron chi connectivity index (χ0n) is 23.8. The van der Waals surface area contributed by atoms with E-state index in [4.69, 9.17) is 9.47 Å². The van der Waals surface area contributed by atoms with Gasteiger partial charge in [0.05, 0.1) is 36.7 Å². The number of carbonyl (C=O) groups is 1. The maximum atomic E-state index is 14.1. The van der Waals surface area contributed by atoms with Crippen molar-refractivity contribution in [3.63, 3.8) is 0 Å². The van der Waals surface area contributed by atoms with Crippen LogP contribution in [-0.4, -0.2) is 97.4 Å². The van der Waals surface area contributed by atoms with Crippen LogP contribution >= 0.6 is 0 Å². The van der Waals surface area contributed by atoms with Gasteiger partial charge in [0.15, 0.2) is 5.03 Å². The van der Waals surface area contributed by atoms with Crippen molar-refractivity contribution < 1.29 is 27.8 Å². The molecule has 3 rings (SSSR count). The molecule has 1 aliphatic rings. The van der Waals surface area contributed by atoms with Crippen LogP contribution in [0.3, 0.4) is 0 Å². The number of nitrogens with one attached hydrogen (secondary N) is 1. The summed E-state index contributed by atoms with van der Waals surface area (Å²) < 4.78 is 42.4. The molecule has 2 N–H and O–H groups in total. The van der Waals surface area contributed by atoms with Gasteiger partial charge in [-0.05, 0) is 65.4 Å². The molecule has 1 aromatic carbocycles. The lowest BCUT2D eigenvalue weighted by Gasteiger charge is -2.35. The number of imidazole rings is 1. The number of likely N-dealkylation sites (N-methyl/N-ethyl adjacent to an activating group) is 1. The number of anilines is 1. The Morgan fingerprint density at radius 3 is 2.64 bits per heavy atom. The SMILES string of the molecule is C[C@H]1CCCCO[C@H](CN(C)C)[C@@H](C)CN([C@@H](C)CO)C(=O)c2cc(NS(=O)(=O)c3cn(C)cn3)ccc2O1. The first-order valence-corrected chi connectivity index (χ1v) is 14.9. The average Bonchev–Trinajstić information content (AvgIpc) is 3.32. The van der Waals surface area contributed by atoms with Crippen LogP contribution in [0, 0.1) is 5.92 Å². The molecule has 0 bridgehead atoms. The van der Waals surface area contributed by atoms with Crippen molar-refractivity contribution in [2.45, 2.75) is 63.3 Å². The molecular formula is C27H43N5O6S. The molecule has 0 fully saturated rings. The molecule has 39 heavy (non-hydrogen) atoms. The summed E-state index contributed by atoms with van der Waals surface area (Å²) in [5.41, 5.74) is 0.432. The first-order valence-electron chi connectivity index (χ1n) is 13.4. The number of aliphatic hydroxyl groups is 1. The molecule has 218 valence electrons. The van der Waals surface area contributed by atoms with Gasteiger partial charge in [-0.3, -0.25) is 9.52 Å². The van der Waals surface area contributed by atoms with E-state index in [0.717, 1.165) is 19.3 Å². The van der Waals surface area contributed by atoms with Crippen molar-refractivity contribution in [3.05, 3.63) is 36.3 Å². The quantitative estimate of drug-likeness (QED) is 0.525. The van der Waals surface area contributed by atoms with Gasteiger partial charge in [0.1, 0.15) is 5.75 Å². The third-order valence-electron chi connectivity index (χ3n) is 6.81. The summed E-state index contributed by atoms with van der Waals surface area (Å²) >= 11 is 0. The topological polar surface area (TPSA) is 126 Å². The molecule has 12 heteroatoms. The summed E-state index contributed by atoms with van der Waals surface area (Å²) in [5.74, 6) is -0.0122. The van der Waals surface area contributed by atoms with Gasteiger partial charge in [0.25, 0.3) is 15.9 Å². The molecule has 1 amide bonds. The lowest BCUT2D eigenvalue weighted by atomic mass is 10.0. The summed E-state index contributed by atoms with van der Waals surface area (Å²) in [7, 11) is 1.69. The molecule has 2 heterocycles. The zero-order chi connectivity index (χ0) is 28.7. The first-order chi connectivity index (χ1) is 18.4. The molecule has 1 aromatic heterocycles. The number of ether oxygens (including phenoxy) is 2. The van der Waals surface area contributed by atoms with Gasteiger partial charge in [0, 0.05) is 44.5 Å². The number of rotatable bonds is 7. The fourth-order valence-corrected chi connectivity index (χ4v) is 5.58. The van der Waals surface area contributed by atoms with Crippen molar-refractivity contribution in [3.8, 4) is 5.75 Å². The molecule has 11 nitrogen and oxygen atoms in total. The monoisotopic (exact) mass is 565 g/mol. The summed E-state index contributed by atoms with van der Waals surface area (Å²) in [6, 6.07) is 4.21. The Kier molecular flexibility index (Phi) is 10.8. The van der Waals surface area contributed by atoms with E-state index in [1.54, 1.807) is 35.6 Å². The lowest BCUT2D eigenvalue weighted by Crippen LogP contribution is -2.47. The fraction of sp³-hybridized carbons (Fsp3) is 0.630. The normalized spacial score (nSPS) is 22.6. The van der Waals surface area contributed by atoms with Gasteiger partial charge in [-0.1, -0.05) is 6.92 Å². The number of hydrogen-bond acceptors (Lipinski definition) is 8. The second kappa shape index (κ2) is 13.6. The number of aromatic nitrogens is 2. The van der Waals surface area contributed by atoms with Gasteiger partial charge in [-0.25, -0.2) is 4.98 Å². The van der Waals surface area contributed by atoms with Crippen LogP contribution in [0.1, 0.15) is 50.4 Å². The number of hydrogen-bond donors (Lipinski definition) is 2. The van der Waals surface area contributed by atoms with Crippen molar-refractivity contribution in [1.82, 2.24) is 19.4 Å². The third kappa shape index (κ3) is 8.41. The highest BCUT2D eigenvalue weighted by molar-refractivity contribution is 7.92. The first kappa shape index (κ1) is 30.9.